The number of fused-ring (bicyclic) bond motifs is 1. The summed E-state index contributed by atoms with van der Waals surface area (Å²) in [4.78, 5) is 4.06. The Kier molecular flexibility index (Phi) is 5.09. The SMILES string of the molecule is COc1c(F)cc(O[C@@H]2CC[C@H]2NCc2c(F)ccc3cnccc23)cc1F. The molecule has 1 heterocycles. The number of methoxy groups -OCH3 is 1. The van der Waals surface area contributed by atoms with Crippen LogP contribution in [0.3, 0.4) is 0 Å². The molecule has 0 bridgehead atoms. The third-order valence-electron chi connectivity index (χ3n) is 5.09. The van der Waals surface area contributed by atoms with Crippen LogP contribution in [0.15, 0.2) is 42.7 Å². The highest BCUT2D eigenvalue weighted by atomic mass is 19.1. The van der Waals surface area contributed by atoms with Crippen LogP contribution in [0.4, 0.5) is 13.2 Å². The molecule has 1 aromatic heterocycles. The maximum absolute atomic E-state index is 14.3. The maximum Gasteiger partial charge on any atom is 0.190 e. The molecule has 3 aromatic rings. The van der Waals surface area contributed by atoms with Gasteiger partial charge in [0, 0.05) is 48.1 Å². The van der Waals surface area contributed by atoms with Crippen molar-refractivity contribution in [3.8, 4) is 11.5 Å². The second kappa shape index (κ2) is 7.67. The van der Waals surface area contributed by atoms with Crippen LogP contribution in [-0.2, 0) is 6.54 Å². The molecule has 0 amide bonds. The van der Waals surface area contributed by atoms with E-state index in [4.69, 9.17) is 4.74 Å². The third kappa shape index (κ3) is 3.49. The van der Waals surface area contributed by atoms with E-state index in [0.29, 0.717) is 12.1 Å². The maximum atomic E-state index is 14.3. The van der Waals surface area contributed by atoms with E-state index in [2.05, 4.69) is 15.0 Å². The lowest BCUT2D eigenvalue weighted by Crippen LogP contribution is -2.50. The van der Waals surface area contributed by atoms with Crippen LogP contribution in [0, 0.1) is 17.5 Å². The molecular weight excluding hydrogens is 369 g/mol. The Morgan fingerprint density at radius 2 is 1.86 bits per heavy atom. The Morgan fingerprint density at radius 3 is 2.54 bits per heavy atom. The minimum Gasteiger partial charge on any atom is -0.491 e. The molecule has 1 aliphatic carbocycles. The fourth-order valence-corrected chi connectivity index (χ4v) is 3.44. The van der Waals surface area contributed by atoms with Crippen molar-refractivity contribution in [2.45, 2.75) is 31.5 Å². The highest BCUT2D eigenvalue weighted by Crippen LogP contribution is 2.31. The van der Waals surface area contributed by atoms with Gasteiger partial charge in [0.15, 0.2) is 17.4 Å². The zero-order valence-electron chi connectivity index (χ0n) is 15.2. The van der Waals surface area contributed by atoms with Gasteiger partial charge < -0.3 is 14.8 Å². The number of hydrogen-bond donors (Lipinski definition) is 1. The number of aromatic nitrogens is 1. The van der Waals surface area contributed by atoms with Gasteiger partial charge in [-0.05, 0) is 36.4 Å². The van der Waals surface area contributed by atoms with E-state index in [1.165, 1.54) is 13.2 Å². The van der Waals surface area contributed by atoms with Crippen molar-refractivity contribution in [2.75, 3.05) is 7.11 Å². The molecule has 2 atom stereocenters. The van der Waals surface area contributed by atoms with Crippen molar-refractivity contribution in [3.05, 3.63) is 65.7 Å². The summed E-state index contributed by atoms with van der Waals surface area (Å²) in [5, 5.41) is 4.96. The highest BCUT2D eigenvalue weighted by Gasteiger charge is 2.33. The number of hydrogen-bond acceptors (Lipinski definition) is 4. The van der Waals surface area contributed by atoms with Crippen molar-refractivity contribution >= 4 is 10.8 Å². The lowest BCUT2D eigenvalue weighted by atomic mass is 9.88. The van der Waals surface area contributed by atoms with E-state index in [0.717, 1.165) is 35.7 Å². The molecule has 1 fully saturated rings. The van der Waals surface area contributed by atoms with Gasteiger partial charge in [-0.1, -0.05) is 0 Å². The number of rotatable bonds is 6. The molecule has 146 valence electrons. The first-order valence-electron chi connectivity index (χ1n) is 9.01. The van der Waals surface area contributed by atoms with Crippen LogP contribution >= 0.6 is 0 Å². The molecule has 0 radical (unpaired) electrons. The van der Waals surface area contributed by atoms with Gasteiger partial charge in [0.05, 0.1) is 7.11 Å². The van der Waals surface area contributed by atoms with Gasteiger partial charge in [-0.2, -0.15) is 0 Å². The molecule has 0 saturated heterocycles. The van der Waals surface area contributed by atoms with Gasteiger partial charge in [0.1, 0.15) is 17.7 Å². The molecule has 2 aromatic carbocycles. The number of benzene rings is 2. The topological polar surface area (TPSA) is 43.4 Å². The van der Waals surface area contributed by atoms with Gasteiger partial charge in [-0.25, -0.2) is 13.2 Å². The molecule has 7 heteroatoms. The number of ether oxygens (including phenoxy) is 2. The number of halogens is 3. The smallest absolute Gasteiger partial charge is 0.190 e. The van der Waals surface area contributed by atoms with Crippen LogP contribution in [0.2, 0.25) is 0 Å². The van der Waals surface area contributed by atoms with E-state index in [9.17, 15) is 13.2 Å². The average molecular weight is 388 g/mol. The largest absolute Gasteiger partial charge is 0.491 e. The quantitative estimate of drug-likeness (QED) is 0.682. The second-order valence-corrected chi connectivity index (χ2v) is 6.76. The fraction of sp³-hybridized carbons (Fsp3) is 0.286. The number of nitrogens with zero attached hydrogens (tertiary/aromatic N) is 1. The Morgan fingerprint density at radius 1 is 1.07 bits per heavy atom. The van der Waals surface area contributed by atoms with Crippen molar-refractivity contribution < 1.29 is 22.6 Å². The monoisotopic (exact) mass is 388 g/mol. The molecule has 4 nitrogen and oxygen atoms in total. The number of pyridine rings is 1. The van der Waals surface area contributed by atoms with Crippen LogP contribution in [0.25, 0.3) is 10.8 Å². The van der Waals surface area contributed by atoms with Crippen molar-refractivity contribution in [2.24, 2.45) is 0 Å². The van der Waals surface area contributed by atoms with E-state index >= 15 is 0 Å². The zero-order chi connectivity index (χ0) is 19.7. The molecule has 1 saturated carbocycles. The molecule has 0 spiro atoms. The Balaban J connectivity index is 1.44. The first kappa shape index (κ1) is 18.6. The fourth-order valence-electron chi connectivity index (χ4n) is 3.44. The lowest BCUT2D eigenvalue weighted by Gasteiger charge is -2.37. The van der Waals surface area contributed by atoms with Crippen molar-refractivity contribution in [1.29, 1.82) is 0 Å². The Bertz CT molecular complexity index is 989. The Hall–Kier alpha value is -2.80. The molecule has 0 aliphatic heterocycles. The first-order chi connectivity index (χ1) is 13.6. The lowest BCUT2D eigenvalue weighted by molar-refractivity contribution is 0.0709. The predicted octanol–water partition coefficient (Wildman–Crippen LogP) is 4.36. The summed E-state index contributed by atoms with van der Waals surface area (Å²) >= 11 is 0. The van der Waals surface area contributed by atoms with E-state index in [1.54, 1.807) is 24.5 Å². The summed E-state index contributed by atoms with van der Waals surface area (Å²) in [5.74, 6) is -2.24. The molecular formula is C21H19F3N2O2. The van der Waals surface area contributed by atoms with Gasteiger partial charge in [-0.3, -0.25) is 4.98 Å². The van der Waals surface area contributed by atoms with Gasteiger partial charge in [-0.15, -0.1) is 0 Å². The van der Waals surface area contributed by atoms with Crippen LogP contribution < -0.4 is 14.8 Å². The van der Waals surface area contributed by atoms with Crippen molar-refractivity contribution in [1.82, 2.24) is 10.3 Å². The highest BCUT2D eigenvalue weighted by molar-refractivity contribution is 5.84. The summed E-state index contributed by atoms with van der Waals surface area (Å²) in [6.45, 7) is 0.322. The molecule has 0 unspecified atom stereocenters. The zero-order valence-corrected chi connectivity index (χ0v) is 15.2. The minimum atomic E-state index is -0.812. The number of nitrogens with one attached hydrogen (secondary N) is 1. The normalized spacial score (nSPS) is 18.7. The van der Waals surface area contributed by atoms with Gasteiger partial charge in [0.25, 0.3) is 0 Å². The minimum absolute atomic E-state index is 0.0373. The summed E-state index contributed by atoms with van der Waals surface area (Å²) in [5.41, 5.74) is 0.562. The first-order valence-corrected chi connectivity index (χ1v) is 9.01. The predicted molar refractivity (Wildman–Crippen MR) is 98.9 cm³/mol. The molecule has 4 rings (SSSR count). The molecule has 1 N–H and O–H groups in total. The van der Waals surface area contributed by atoms with Gasteiger partial charge in [0.2, 0.25) is 0 Å². The molecule has 1 aliphatic rings. The summed E-state index contributed by atoms with van der Waals surface area (Å²) in [6.07, 6.45) is 4.66. The second-order valence-electron chi connectivity index (χ2n) is 6.76. The summed E-state index contributed by atoms with van der Waals surface area (Å²) in [7, 11) is 1.20. The van der Waals surface area contributed by atoms with E-state index < -0.39 is 17.4 Å². The van der Waals surface area contributed by atoms with Gasteiger partial charge >= 0.3 is 0 Å². The summed E-state index contributed by atoms with van der Waals surface area (Å²) < 4.78 is 52.4. The third-order valence-corrected chi connectivity index (χ3v) is 5.09. The summed E-state index contributed by atoms with van der Waals surface area (Å²) in [6, 6.07) is 7.09. The molecule has 28 heavy (non-hydrogen) atoms. The van der Waals surface area contributed by atoms with Crippen LogP contribution in [0.5, 0.6) is 11.5 Å². The van der Waals surface area contributed by atoms with E-state index in [-0.39, 0.29) is 23.7 Å². The Labute approximate surface area is 160 Å². The standard InChI is InChI=1S/C21H19F3N2O2/c1-27-21-17(23)8-13(9-18(21)24)28-20-5-4-19(20)26-11-15-14-6-7-25-10-12(14)2-3-16(15)22/h2-3,6-10,19-20,26H,4-5,11H2,1H3/t19-,20-/m1/s1. The van der Waals surface area contributed by atoms with E-state index in [1.807, 2.05) is 0 Å². The van der Waals surface area contributed by atoms with Crippen molar-refractivity contribution in [3.63, 3.8) is 0 Å². The van der Waals surface area contributed by atoms with Crippen LogP contribution in [-0.4, -0.2) is 24.2 Å². The average Bonchev–Trinajstić information content (AvgIpc) is 2.67. The van der Waals surface area contributed by atoms with Crippen LogP contribution in [0.1, 0.15) is 18.4 Å².